The van der Waals surface area contributed by atoms with E-state index in [1.807, 2.05) is 0 Å². The molecule has 10 heteroatoms. The van der Waals surface area contributed by atoms with E-state index >= 15 is 0 Å². The Bertz CT molecular complexity index is 966. The maximum Gasteiger partial charge on any atom is 0.416 e. The van der Waals surface area contributed by atoms with Gasteiger partial charge in [0.05, 0.1) is 23.4 Å². The number of nitrogens with two attached hydrogens (primary N) is 1. The maximum atomic E-state index is 12.7. The van der Waals surface area contributed by atoms with Crippen LogP contribution in [0.3, 0.4) is 0 Å². The van der Waals surface area contributed by atoms with Crippen molar-refractivity contribution in [3.8, 4) is 5.69 Å². The first-order valence-electron chi connectivity index (χ1n) is 7.85. The fourth-order valence-electron chi connectivity index (χ4n) is 2.62. The number of hydrogen-bond donors (Lipinski definition) is 2. The van der Waals surface area contributed by atoms with Gasteiger partial charge in [0.1, 0.15) is 0 Å². The number of aryl methyl sites for hydroxylation is 1. The Balaban J connectivity index is 1.83. The van der Waals surface area contributed by atoms with Crippen molar-refractivity contribution >= 4 is 11.6 Å². The molecule has 1 amide bonds. The summed E-state index contributed by atoms with van der Waals surface area (Å²) in [4.78, 5) is 11.7. The number of primary amides is 1. The Morgan fingerprint density at radius 2 is 1.89 bits per heavy atom. The number of aromatic nitrogens is 4. The highest BCUT2D eigenvalue weighted by Crippen LogP contribution is 2.29. The molecule has 0 aliphatic rings. The van der Waals surface area contributed by atoms with Gasteiger partial charge in [-0.2, -0.15) is 17.9 Å². The number of benzene rings is 2. The molecule has 2 aromatic carbocycles. The van der Waals surface area contributed by atoms with Gasteiger partial charge in [-0.3, -0.25) is 4.79 Å². The van der Waals surface area contributed by atoms with Crippen molar-refractivity contribution in [3.63, 3.8) is 0 Å². The largest absolute Gasteiger partial charge is 0.416 e. The van der Waals surface area contributed by atoms with Crippen LogP contribution in [0, 0.1) is 6.92 Å². The van der Waals surface area contributed by atoms with Crippen molar-refractivity contribution in [1.29, 1.82) is 0 Å². The van der Waals surface area contributed by atoms with Crippen LogP contribution in [0.4, 0.5) is 18.9 Å². The quantitative estimate of drug-likeness (QED) is 0.713. The highest BCUT2D eigenvalue weighted by atomic mass is 19.4. The minimum atomic E-state index is -4.42. The van der Waals surface area contributed by atoms with Crippen LogP contribution in [-0.4, -0.2) is 26.1 Å². The third-order valence-electron chi connectivity index (χ3n) is 3.93. The van der Waals surface area contributed by atoms with E-state index in [0.717, 1.165) is 17.7 Å². The van der Waals surface area contributed by atoms with E-state index in [4.69, 9.17) is 5.73 Å². The van der Waals surface area contributed by atoms with Crippen LogP contribution < -0.4 is 11.1 Å². The summed E-state index contributed by atoms with van der Waals surface area (Å²) in [5.41, 5.74) is 6.63. The molecule has 3 N–H and O–H groups in total. The molecule has 0 spiro atoms. The molecule has 7 nitrogen and oxygen atoms in total. The zero-order chi connectivity index (χ0) is 19.6. The summed E-state index contributed by atoms with van der Waals surface area (Å²) >= 11 is 0. The minimum Gasteiger partial charge on any atom is -0.377 e. The highest BCUT2D eigenvalue weighted by Gasteiger charge is 2.30. The van der Waals surface area contributed by atoms with Gasteiger partial charge in [0, 0.05) is 5.69 Å². The summed E-state index contributed by atoms with van der Waals surface area (Å²) in [5, 5.41) is 14.3. The molecule has 0 unspecified atom stereocenters. The second kappa shape index (κ2) is 7.06. The standard InChI is InChI=1S/C17H15F3N6O/c1-10-3-2-4-13(15(10)16(21)27)22-9-14-23-24-25-26(14)12-7-5-11(6-8-12)17(18,19)20/h2-8,22H,9H2,1H3,(H2,21,27). The zero-order valence-corrected chi connectivity index (χ0v) is 14.2. The SMILES string of the molecule is Cc1cccc(NCc2nnnn2-c2ccc(C(F)(F)F)cc2)c1C(N)=O. The molecule has 0 aliphatic carbocycles. The van der Waals surface area contributed by atoms with E-state index in [2.05, 4.69) is 20.8 Å². The lowest BCUT2D eigenvalue weighted by atomic mass is 10.1. The number of rotatable bonds is 5. The average Bonchev–Trinajstić information content (AvgIpc) is 3.07. The van der Waals surface area contributed by atoms with E-state index < -0.39 is 17.6 Å². The van der Waals surface area contributed by atoms with Crippen molar-refractivity contribution < 1.29 is 18.0 Å². The summed E-state index contributed by atoms with van der Waals surface area (Å²) in [5.74, 6) is -0.218. The van der Waals surface area contributed by atoms with Gasteiger partial charge >= 0.3 is 6.18 Å². The summed E-state index contributed by atoms with van der Waals surface area (Å²) in [6.45, 7) is 1.90. The molecule has 3 aromatic rings. The van der Waals surface area contributed by atoms with Crippen molar-refractivity contribution in [3.05, 3.63) is 65.0 Å². The second-order valence-electron chi connectivity index (χ2n) is 5.77. The molecule has 0 bridgehead atoms. The number of amides is 1. The number of anilines is 1. The van der Waals surface area contributed by atoms with Gasteiger partial charge in [0.2, 0.25) is 0 Å². The Hall–Kier alpha value is -3.43. The fourth-order valence-corrected chi connectivity index (χ4v) is 2.62. The number of nitrogens with zero attached hydrogens (tertiary/aromatic N) is 4. The van der Waals surface area contributed by atoms with E-state index in [0.29, 0.717) is 22.8 Å². The monoisotopic (exact) mass is 376 g/mol. The van der Waals surface area contributed by atoms with Crippen LogP contribution in [-0.2, 0) is 12.7 Å². The van der Waals surface area contributed by atoms with Crippen molar-refractivity contribution in [2.24, 2.45) is 5.73 Å². The lowest BCUT2D eigenvalue weighted by Crippen LogP contribution is -2.17. The van der Waals surface area contributed by atoms with Gasteiger partial charge < -0.3 is 11.1 Å². The molecule has 0 saturated carbocycles. The van der Waals surface area contributed by atoms with Crippen molar-refractivity contribution in [1.82, 2.24) is 20.2 Å². The molecule has 1 aromatic heterocycles. The second-order valence-corrected chi connectivity index (χ2v) is 5.77. The number of hydrogen-bond acceptors (Lipinski definition) is 5. The molecule has 0 radical (unpaired) electrons. The van der Waals surface area contributed by atoms with Gasteiger partial charge in [0.15, 0.2) is 5.82 Å². The molecule has 27 heavy (non-hydrogen) atoms. The Morgan fingerprint density at radius 3 is 2.52 bits per heavy atom. The molecule has 0 aliphatic heterocycles. The lowest BCUT2D eigenvalue weighted by molar-refractivity contribution is -0.137. The first-order valence-corrected chi connectivity index (χ1v) is 7.85. The van der Waals surface area contributed by atoms with Crippen LogP contribution in [0.1, 0.15) is 27.3 Å². The molecule has 0 fully saturated rings. The first-order chi connectivity index (χ1) is 12.8. The molecule has 0 atom stereocenters. The molecule has 1 heterocycles. The first kappa shape index (κ1) is 18.4. The normalized spacial score (nSPS) is 11.4. The van der Waals surface area contributed by atoms with E-state index in [-0.39, 0.29) is 6.54 Å². The van der Waals surface area contributed by atoms with Gasteiger partial charge in [-0.1, -0.05) is 12.1 Å². The number of carbonyl (C=O) groups is 1. The predicted octanol–water partition coefficient (Wildman–Crippen LogP) is 2.70. The number of nitrogens with one attached hydrogen (secondary N) is 1. The average molecular weight is 376 g/mol. The fraction of sp³-hybridized carbons (Fsp3) is 0.176. The van der Waals surface area contributed by atoms with Crippen molar-refractivity contribution in [2.45, 2.75) is 19.6 Å². The number of alkyl halides is 3. The third-order valence-corrected chi connectivity index (χ3v) is 3.93. The molecule has 0 saturated heterocycles. The lowest BCUT2D eigenvalue weighted by Gasteiger charge is -2.12. The molecular formula is C17H15F3N6O. The topological polar surface area (TPSA) is 98.7 Å². The van der Waals surface area contributed by atoms with Gasteiger partial charge in [-0.25, -0.2) is 0 Å². The van der Waals surface area contributed by atoms with Gasteiger partial charge in [0.25, 0.3) is 5.91 Å². The molecular weight excluding hydrogens is 361 g/mol. The summed E-state index contributed by atoms with van der Waals surface area (Å²) < 4.78 is 39.4. The van der Waals surface area contributed by atoms with Crippen LogP contribution >= 0.6 is 0 Å². The van der Waals surface area contributed by atoms with Crippen LogP contribution in [0.25, 0.3) is 5.69 Å². The molecule has 140 valence electrons. The third kappa shape index (κ3) is 3.89. The predicted molar refractivity (Wildman–Crippen MR) is 91.2 cm³/mol. The summed E-state index contributed by atoms with van der Waals surface area (Å²) in [6.07, 6.45) is -4.42. The van der Waals surface area contributed by atoms with Gasteiger partial charge in [-0.05, 0) is 53.2 Å². The van der Waals surface area contributed by atoms with E-state index in [1.54, 1.807) is 25.1 Å². The van der Waals surface area contributed by atoms with Crippen molar-refractivity contribution in [2.75, 3.05) is 5.32 Å². The highest BCUT2D eigenvalue weighted by molar-refractivity contribution is 5.99. The summed E-state index contributed by atoms with van der Waals surface area (Å²) in [7, 11) is 0. The van der Waals surface area contributed by atoms with Gasteiger partial charge in [-0.15, -0.1) is 5.10 Å². The maximum absolute atomic E-state index is 12.7. The zero-order valence-electron chi connectivity index (χ0n) is 14.2. The Kier molecular flexibility index (Phi) is 4.80. The van der Waals surface area contributed by atoms with E-state index in [9.17, 15) is 18.0 Å². The number of tetrazole rings is 1. The number of halogens is 3. The van der Waals surface area contributed by atoms with Crippen LogP contribution in [0.15, 0.2) is 42.5 Å². The van der Waals surface area contributed by atoms with E-state index in [1.165, 1.54) is 16.8 Å². The number of carbonyl (C=O) groups excluding carboxylic acids is 1. The van der Waals surface area contributed by atoms with Crippen LogP contribution in [0.2, 0.25) is 0 Å². The Labute approximate surface area is 152 Å². The minimum absolute atomic E-state index is 0.137. The summed E-state index contributed by atoms with van der Waals surface area (Å²) in [6, 6.07) is 9.70. The Morgan fingerprint density at radius 1 is 1.19 bits per heavy atom. The molecule has 3 rings (SSSR count). The smallest absolute Gasteiger partial charge is 0.377 e. The van der Waals surface area contributed by atoms with Crippen LogP contribution in [0.5, 0.6) is 0 Å².